The first-order valence-electron chi connectivity index (χ1n) is 4.82. The lowest BCUT2D eigenvalue weighted by atomic mass is 10.2. The molecule has 0 rings (SSSR count). The predicted molar refractivity (Wildman–Crippen MR) is 54.8 cm³/mol. The number of rotatable bonds is 5. The topological polar surface area (TPSA) is 44.5 Å². The van der Waals surface area contributed by atoms with E-state index < -0.39 is 0 Å². The Bertz CT molecular complexity index is 129. The maximum atomic E-state index is 5.56. The minimum Gasteiger partial charge on any atom is -0.375 e. The minimum atomic E-state index is -0.0913. The third kappa shape index (κ3) is 9.80. The summed E-state index contributed by atoms with van der Waals surface area (Å²) in [4.78, 5) is 0. The Morgan fingerprint density at radius 3 is 2.08 bits per heavy atom. The molecule has 0 aliphatic rings. The smallest absolute Gasteiger partial charge is 0.0781 e. The van der Waals surface area contributed by atoms with E-state index in [9.17, 15) is 0 Å². The average Bonchev–Trinajstić information content (AvgIpc) is 1.95. The Kier molecular flexibility index (Phi) is 5.53. The number of hydrogen-bond acceptors (Lipinski definition) is 3. The van der Waals surface area contributed by atoms with E-state index in [0.29, 0.717) is 13.2 Å². The zero-order valence-corrected chi connectivity index (χ0v) is 9.46. The molecule has 2 atom stereocenters. The number of nitrogens with two attached hydrogens (primary N) is 1. The van der Waals surface area contributed by atoms with Gasteiger partial charge < -0.3 is 15.2 Å². The van der Waals surface area contributed by atoms with Crippen LogP contribution < -0.4 is 5.73 Å². The highest BCUT2D eigenvalue weighted by atomic mass is 16.5. The van der Waals surface area contributed by atoms with Crippen LogP contribution in [0.5, 0.6) is 0 Å². The zero-order valence-electron chi connectivity index (χ0n) is 9.46. The molecule has 0 heterocycles. The van der Waals surface area contributed by atoms with E-state index in [1.807, 2.05) is 34.6 Å². The van der Waals surface area contributed by atoms with Gasteiger partial charge in [0.15, 0.2) is 0 Å². The van der Waals surface area contributed by atoms with Crippen molar-refractivity contribution in [2.45, 2.75) is 52.4 Å². The fourth-order valence-electron chi connectivity index (χ4n) is 0.732. The molecule has 0 aromatic rings. The summed E-state index contributed by atoms with van der Waals surface area (Å²) >= 11 is 0. The Hall–Kier alpha value is -0.120. The molecular formula is C10H23NO2. The molecule has 0 fully saturated rings. The SMILES string of the molecule is CC(N)COC(C)COC(C)(C)C. The van der Waals surface area contributed by atoms with Gasteiger partial charge in [0.25, 0.3) is 0 Å². The van der Waals surface area contributed by atoms with Crippen molar-refractivity contribution in [2.75, 3.05) is 13.2 Å². The second-order valence-corrected chi connectivity index (χ2v) is 4.54. The standard InChI is InChI=1S/C10H23NO2/c1-8(11)6-12-9(2)7-13-10(3,4)5/h8-9H,6-7,11H2,1-5H3. The quantitative estimate of drug-likeness (QED) is 0.713. The molecule has 0 radical (unpaired) electrons. The molecule has 80 valence electrons. The van der Waals surface area contributed by atoms with Gasteiger partial charge in [-0.3, -0.25) is 0 Å². The maximum absolute atomic E-state index is 5.56. The molecule has 2 N–H and O–H groups in total. The number of hydrogen-bond donors (Lipinski definition) is 1. The highest BCUT2D eigenvalue weighted by Crippen LogP contribution is 2.07. The van der Waals surface area contributed by atoms with E-state index in [2.05, 4.69) is 0 Å². The first-order valence-corrected chi connectivity index (χ1v) is 4.82. The van der Waals surface area contributed by atoms with Crippen molar-refractivity contribution in [3.8, 4) is 0 Å². The molecule has 0 amide bonds. The molecule has 0 aliphatic carbocycles. The zero-order chi connectivity index (χ0) is 10.5. The van der Waals surface area contributed by atoms with Gasteiger partial charge in [0, 0.05) is 6.04 Å². The van der Waals surface area contributed by atoms with Crippen molar-refractivity contribution >= 4 is 0 Å². The van der Waals surface area contributed by atoms with E-state index in [-0.39, 0.29) is 17.7 Å². The molecule has 0 aromatic heterocycles. The fraction of sp³-hybridized carbons (Fsp3) is 1.00. The summed E-state index contributed by atoms with van der Waals surface area (Å²) in [6, 6.07) is 0.0945. The summed E-state index contributed by atoms with van der Waals surface area (Å²) in [7, 11) is 0. The van der Waals surface area contributed by atoms with Gasteiger partial charge in [-0.25, -0.2) is 0 Å². The Morgan fingerprint density at radius 2 is 1.69 bits per heavy atom. The van der Waals surface area contributed by atoms with E-state index in [4.69, 9.17) is 15.2 Å². The normalized spacial score (nSPS) is 17.1. The second kappa shape index (κ2) is 5.58. The summed E-state index contributed by atoms with van der Waals surface area (Å²) in [5.74, 6) is 0. The summed E-state index contributed by atoms with van der Waals surface area (Å²) in [6.07, 6.45) is 0.116. The lowest BCUT2D eigenvalue weighted by Crippen LogP contribution is -2.30. The molecule has 0 aromatic carbocycles. The highest BCUT2D eigenvalue weighted by molar-refractivity contribution is 4.61. The van der Waals surface area contributed by atoms with Gasteiger partial charge in [0.05, 0.1) is 24.9 Å². The van der Waals surface area contributed by atoms with Gasteiger partial charge in [-0.1, -0.05) is 0 Å². The summed E-state index contributed by atoms with van der Waals surface area (Å²) in [5, 5.41) is 0. The van der Waals surface area contributed by atoms with Crippen LogP contribution in [0.1, 0.15) is 34.6 Å². The molecule has 3 nitrogen and oxygen atoms in total. The second-order valence-electron chi connectivity index (χ2n) is 4.54. The van der Waals surface area contributed by atoms with Crippen molar-refractivity contribution in [1.29, 1.82) is 0 Å². The van der Waals surface area contributed by atoms with Crippen molar-refractivity contribution in [3.05, 3.63) is 0 Å². The molecule has 0 saturated heterocycles. The first-order chi connectivity index (χ1) is 5.81. The van der Waals surface area contributed by atoms with Gasteiger partial charge in [-0.2, -0.15) is 0 Å². The van der Waals surface area contributed by atoms with Crippen LogP contribution in [0.4, 0.5) is 0 Å². The van der Waals surface area contributed by atoms with E-state index in [1.165, 1.54) is 0 Å². The monoisotopic (exact) mass is 189 g/mol. The molecule has 0 spiro atoms. The van der Waals surface area contributed by atoms with Crippen LogP contribution in [0.2, 0.25) is 0 Å². The summed E-state index contributed by atoms with van der Waals surface area (Å²) in [6.45, 7) is 11.2. The van der Waals surface area contributed by atoms with Crippen LogP contribution in [0, 0.1) is 0 Å². The molecule has 0 aliphatic heterocycles. The highest BCUT2D eigenvalue weighted by Gasteiger charge is 2.12. The third-order valence-corrected chi connectivity index (χ3v) is 1.39. The lowest BCUT2D eigenvalue weighted by molar-refractivity contribution is -0.0677. The Labute approximate surface area is 81.6 Å². The molecule has 0 saturated carbocycles. The molecule has 3 heteroatoms. The van der Waals surface area contributed by atoms with Crippen molar-refractivity contribution < 1.29 is 9.47 Å². The van der Waals surface area contributed by atoms with E-state index >= 15 is 0 Å². The number of ether oxygens (including phenoxy) is 2. The largest absolute Gasteiger partial charge is 0.375 e. The average molecular weight is 189 g/mol. The van der Waals surface area contributed by atoms with E-state index in [1.54, 1.807) is 0 Å². The van der Waals surface area contributed by atoms with Crippen molar-refractivity contribution in [1.82, 2.24) is 0 Å². The fourth-order valence-corrected chi connectivity index (χ4v) is 0.732. The first kappa shape index (κ1) is 12.9. The van der Waals surface area contributed by atoms with E-state index in [0.717, 1.165) is 0 Å². The maximum Gasteiger partial charge on any atom is 0.0781 e. The molecule has 13 heavy (non-hydrogen) atoms. The lowest BCUT2D eigenvalue weighted by Gasteiger charge is -2.23. The van der Waals surface area contributed by atoms with Crippen LogP contribution in [-0.4, -0.2) is 31.0 Å². The van der Waals surface area contributed by atoms with Gasteiger partial charge >= 0.3 is 0 Å². The van der Waals surface area contributed by atoms with Crippen LogP contribution in [0.25, 0.3) is 0 Å². The molecule has 0 bridgehead atoms. The molecule has 2 unspecified atom stereocenters. The van der Waals surface area contributed by atoms with Gasteiger partial charge in [-0.15, -0.1) is 0 Å². The van der Waals surface area contributed by atoms with Crippen LogP contribution in [0.15, 0.2) is 0 Å². The van der Waals surface area contributed by atoms with Crippen LogP contribution in [-0.2, 0) is 9.47 Å². The summed E-state index contributed by atoms with van der Waals surface area (Å²) in [5.41, 5.74) is 5.47. The van der Waals surface area contributed by atoms with Crippen LogP contribution >= 0.6 is 0 Å². The summed E-state index contributed by atoms with van der Waals surface area (Å²) < 4.78 is 11.0. The van der Waals surface area contributed by atoms with Crippen molar-refractivity contribution in [3.63, 3.8) is 0 Å². The van der Waals surface area contributed by atoms with Gasteiger partial charge in [0.2, 0.25) is 0 Å². The Morgan fingerprint density at radius 1 is 1.15 bits per heavy atom. The Balaban J connectivity index is 3.46. The van der Waals surface area contributed by atoms with Crippen LogP contribution in [0.3, 0.4) is 0 Å². The molecular weight excluding hydrogens is 166 g/mol. The van der Waals surface area contributed by atoms with Gasteiger partial charge in [-0.05, 0) is 34.6 Å². The van der Waals surface area contributed by atoms with Gasteiger partial charge in [0.1, 0.15) is 0 Å². The predicted octanol–water partition coefficient (Wildman–Crippen LogP) is 1.55. The minimum absolute atomic E-state index is 0.0913. The van der Waals surface area contributed by atoms with Crippen molar-refractivity contribution in [2.24, 2.45) is 5.73 Å². The third-order valence-electron chi connectivity index (χ3n) is 1.39.